The van der Waals surface area contributed by atoms with Gasteiger partial charge >= 0.3 is 0 Å². The van der Waals surface area contributed by atoms with Crippen LogP contribution in [0.2, 0.25) is 0 Å². The Labute approximate surface area is 128 Å². The summed E-state index contributed by atoms with van der Waals surface area (Å²) in [5.41, 5.74) is 6.70. The van der Waals surface area contributed by atoms with Crippen molar-refractivity contribution in [1.29, 1.82) is 0 Å². The van der Waals surface area contributed by atoms with Crippen molar-refractivity contribution in [2.75, 3.05) is 18.5 Å². The van der Waals surface area contributed by atoms with Crippen molar-refractivity contribution in [3.63, 3.8) is 0 Å². The summed E-state index contributed by atoms with van der Waals surface area (Å²) < 4.78 is 26.6. The number of fused-ring (bicyclic) bond motifs is 1. The van der Waals surface area contributed by atoms with Gasteiger partial charge in [-0.2, -0.15) is 4.31 Å². The number of likely N-dealkylation sites (N-methyl/N-ethyl adjacent to an activating group) is 1. The molecule has 8 heteroatoms. The summed E-state index contributed by atoms with van der Waals surface area (Å²) in [4.78, 5) is 24.7. The summed E-state index contributed by atoms with van der Waals surface area (Å²) >= 11 is 0. The lowest BCUT2D eigenvalue weighted by Gasteiger charge is -2.22. The van der Waals surface area contributed by atoms with Gasteiger partial charge in [-0.1, -0.05) is 0 Å². The molecule has 2 amide bonds. The lowest BCUT2D eigenvalue weighted by Crippen LogP contribution is -2.43. The van der Waals surface area contributed by atoms with Crippen LogP contribution < -0.4 is 10.6 Å². The summed E-state index contributed by atoms with van der Waals surface area (Å²) in [6.45, 7) is 0.284. The summed E-state index contributed by atoms with van der Waals surface area (Å²) in [6, 6.07) is 3.83. The first-order valence-electron chi connectivity index (χ1n) is 7.03. The molecule has 0 radical (unpaired) electrons. The van der Waals surface area contributed by atoms with E-state index in [1.807, 2.05) is 0 Å². The molecule has 1 aromatic carbocycles. The van der Waals surface area contributed by atoms with Crippen LogP contribution in [-0.2, 0) is 26.0 Å². The number of anilines is 1. The summed E-state index contributed by atoms with van der Waals surface area (Å²) in [5, 5.41) is 0. The topological polar surface area (TPSA) is 101 Å². The number of sulfonamides is 1. The SMILES string of the molecule is CN1C(=O)Cc2cc(S(=O)(=O)N3CCC[C@H]3C(N)=O)ccc21. The molecule has 1 saturated heterocycles. The van der Waals surface area contributed by atoms with E-state index < -0.39 is 22.0 Å². The van der Waals surface area contributed by atoms with E-state index in [0.29, 0.717) is 18.4 Å². The molecule has 0 bridgehead atoms. The normalized spacial score (nSPS) is 22.1. The number of nitrogens with two attached hydrogens (primary N) is 1. The molecule has 2 aliphatic rings. The second-order valence-electron chi connectivity index (χ2n) is 5.60. The van der Waals surface area contributed by atoms with Gasteiger partial charge in [0, 0.05) is 19.3 Å². The lowest BCUT2D eigenvalue weighted by atomic mass is 10.2. The van der Waals surface area contributed by atoms with Gasteiger partial charge in [0.1, 0.15) is 6.04 Å². The number of hydrogen-bond donors (Lipinski definition) is 1. The number of hydrogen-bond acceptors (Lipinski definition) is 4. The lowest BCUT2D eigenvalue weighted by molar-refractivity contribution is -0.121. The van der Waals surface area contributed by atoms with Crippen LogP contribution in [0.4, 0.5) is 5.69 Å². The molecule has 2 heterocycles. The van der Waals surface area contributed by atoms with E-state index in [-0.39, 0.29) is 23.8 Å². The number of carbonyl (C=O) groups excluding carboxylic acids is 2. The minimum absolute atomic E-state index is 0.0688. The Hall–Kier alpha value is -1.93. The van der Waals surface area contributed by atoms with E-state index in [4.69, 9.17) is 5.73 Å². The molecular formula is C14H17N3O4S. The predicted molar refractivity (Wildman–Crippen MR) is 79.7 cm³/mol. The van der Waals surface area contributed by atoms with Gasteiger partial charge in [0.15, 0.2) is 0 Å². The first-order chi connectivity index (χ1) is 10.3. The number of rotatable bonds is 3. The van der Waals surface area contributed by atoms with Crippen molar-refractivity contribution in [3.8, 4) is 0 Å². The average molecular weight is 323 g/mol. The van der Waals surface area contributed by atoms with Gasteiger partial charge in [-0.15, -0.1) is 0 Å². The van der Waals surface area contributed by atoms with Crippen LogP contribution in [0.5, 0.6) is 0 Å². The highest BCUT2D eigenvalue weighted by atomic mass is 32.2. The fourth-order valence-corrected chi connectivity index (χ4v) is 4.77. The van der Waals surface area contributed by atoms with Crippen LogP contribution in [-0.4, -0.2) is 44.2 Å². The van der Waals surface area contributed by atoms with E-state index >= 15 is 0 Å². The van der Waals surface area contributed by atoms with Crippen molar-refractivity contribution in [2.24, 2.45) is 5.73 Å². The summed E-state index contributed by atoms with van der Waals surface area (Å²) in [6.07, 6.45) is 1.24. The van der Waals surface area contributed by atoms with Gasteiger partial charge in [-0.3, -0.25) is 9.59 Å². The molecule has 2 aliphatic heterocycles. The number of benzene rings is 1. The Morgan fingerprint density at radius 2 is 2.09 bits per heavy atom. The van der Waals surface area contributed by atoms with Gasteiger partial charge in [0.2, 0.25) is 21.8 Å². The van der Waals surface area contributed by atoms with Crippen molar-refractivity contribution in [1.82, 2.24) is 4.31 Å². The Balaban J connectivity index is 1.99. The standard InChI is InChI=1S/C14H17N3O4S/c1-16-11-5-4-10(7-9(11)8-13(16)18)22(20,21)17-6-2-3-12(17)14(15)19/h4-5,7,12H,2-3,6,8H2,1H3,(H2,15,19)/t12-/m0/s1. The number of amides is 2. The first-order valence-corrected chi connectivity index (χ1v) is 8.47. The fourth-order valence-electron chi connectivity index (χ4n) is 3.05. The van der Waals surface area contributed by atoms with Crippen LogP contribution in [0.3, 0.4) is 0 Å². The fraction of sp³-hybridized carbons (Fsp3) is 0.429. The molecule has 3 rings (SSSR count). The van der Waals surface area contributed by atoms with E-state index in [1.54, 1.807) is 13.1 Å². The molecule has 22 heavy (non-hydrogen) atoms. The largest absolute Gasteiger partial charge is 0.368 e. The average Bonchev–Trinajstić information content (AvgIpc) is 3.05. The number of nitrogens with zero attached hydrogens (tertiary/aromatic N) is 2. The van der Waals surface area contributed by atoms with Gasteiger partial charge in [0.05, 0.1) is 11.3 Å². The van der Waals surface area contributed by atoms with Gasteiger partial charge in [-0.05, 0) is 36.6 Å². The number of carbonyl (C=O) groups is 2. The molecule has 118 valence electrons. The van der Waals surface area contributed by atoms with Gasteiger partial charge in [0.25, 0.3) is 0 Å². The predicted octanol–water partition coefficient (Wildman–Crippen LogP) is -0.156. The van der Waals surface area contributed by atoms with Crippen LogP contribution >= 0.6 is 0 Å². The molecule has 7 nitrogen and oxygen atoms in total. The molecule has 1 aromatic rings. The third-order valence-corrected chi connectivity index (χ3v) is 6.17. The summed E-state index contributed by atoms with van der Waals surface area (Å²) in [5.74, 6) is -0.696. The van der Waals surface area contributed by atoms with E-state index in [1.165, 1.54) is 17.0 Å². The van der Waals surface area contributed by atoms with E-state index in [9.17, 15) is 18.0 Å². The Kier molecular flexibility index (Phi) is 3.45. The minimum Gasteiger partial charge on any atom is -0.368 e. The molecule has 1 atom stereocenters. The smallest absolute Gasteiger partial charge is 0.243 e. The Bertz CT molecular complexity index is 759. The maximum atomic E-state index is 12.7. The van der Waals surface area contributed by atoms with Gasteiger partial charge in [-0.25, -0.2) is 8.42 Å². The third kappa shape index (κ3) is 2.19. The van der Waals surface area contributed by atoms with Crippen molar-refractivity contribution in [2.45, 2.75) is 30.2 Å². The Morgan fingerprint density at radius 1 is 1.36 bits per heavy atom. The number of primary amides is 1. The highest BCUT2D eigenvalue weighted by molar-refractivity contribution is 7.89. The molecule has 0 aromatic heterocycles. The zero-order valence-electron chi connectivity index (χ0n) is 12.2. The molecule has 0 aliphatic carbocycles. The van der Waals surface area contributed by atoms with Crippen LogP contribution in [0.15, 0.2) is 23.1 Å². The van der Waals surface area contributed by atoms with Crippen LogP contribution in [0, 0.1) is 0 Å². The molecule has 0 spiro atoms. The van der Waals surface area contributed by atoms with E-state index in [0.717, 1.165) is 9.99 Å². The van der Waals surface area contributed by atoms with Crippen LogP contribution in [0.1, 0.15) is 18.4 Å². The molecule has 1 fully saturated rings. The van der Waals surface area contributed by atoms with Crippen molar-refractivity contribution < 1.29 is 18.0 Å². The highest BCUT2D eigenvalue weighted by Gasteiger charge is 2.39. The molecule has 0 saturated carbocycles. The molecular weight excluding hydrogens is 306 g/mol. The van der Waals surface area contributed by atoms with Gasteiger partial charge < -0.3 is 10.6 Å². The van der Waals surface area contributed by atoms with Crippen molar-refractivity contribution >= 4 is 27.5 Å². The zero-order chi connectivity index (χ0) is 16.1. The van der Waals surface area contributed by atoms with Crippen molar-refractivity contribution in [3.05, 3.63) is 23.8 Å². The summed E-state index contributed by atoms with van der Waals surface area (Å²) in [7, 11) is -2.13. The second-order valence-corrected chi connectivity index (χ2v) is 7.49. The molecule has 2 N–H and O–H groups in total. The van der Waals surface area contributed by atoms with Crippen LogP contribution in [0.25, 0.3) is 0 Å². The minimum atomic E-state index is -3.79. The maximum absolute atomic E-state index is 12.7. The highest BCUT2D eigenvalue weighted by Crippen LogP contribution is 2.32. The monoisotopic (exact) mass is 323 g/mol. The zero-order valence-corrected chi connectivity index (χ0v) is 13.0. The quantitative estimate of drug-likeness (QED) is 0.835. The second kappa shape index (κ2) is 5.06. The molecule has 0 unspecified atom stereocenters. The first kappa shape index (κ1) is 15.0. The third-order valence-electron chi connectivity index (χ3n) is 4.27. The van der Waals surface area contributed by atoms with E-state index in [2.05, 4.69) is 0 Å². The Morgan fingerprint density at radius 3 is 2.77 bits per heavy atom. The maximum Gasteiger partial charge on any atom is 0.243 e.